The van der Waals surface area contributed by atoms with E-state index in [0.717, 1.165) is 6.54 Å². The number of carbonyl (C=O) groups is 1. The van der Waals surface area contributed by atoms with Crippen molar-refractivity contribution in [1.29, 1.82) is 5.26 Å². The Labute approximate surface area is 134 Å². The molecule has 0 amide bonds. The molecule has 1 fully saturated rings. The Morgan fingerprint density at radius 1 is 1.45 bits per heavy atom. The lowest BCUT2D eigenvalue weighted by Crippen LogP contribution is -3.10. The number of carbonyl (C=O) groups excluding carboxylic acids is 1. The smallest absolute Gasteiger partial charge is 0.137 e. The zero-order chi connectivity index (χ0) is 15.9. The van der Waals surface area contributed by atoms with Crippen LogP contribution in [0, 0.1) is 11.3 Å². The number of quaternary nitrogens is 1. The molecule has 0 unspecified atom stereocenters. The molecule has 22 heavy (non-hydrogen) atoms. The van der Waals surface area contributed by atoms with E-state index in [1.54, 1.807) is 24.3 Å². The number of likely N-dealkylation sites (tertiary alicyclic amines) is 1. The van der Waals surface area contributed by atoms with Crippen LogP contribution in [-0.2, 0) is 4.79 Å². The van der Waals surface area contributed by atoms with Crippen LogP contribution in [0.25, 0.3) is 6.08 Å². The molecule has 2 rings (SSSR count). The van der Waals surface area contributed by atoms with Crippen molar-refractivity contribution in [2.24, 2.45) is 0 Å². The zero-order valence-electron chi connectivity index (χ0n) is 12.1. The predicted molar refractivity (Wildman–Crippen MR) is 80.3 cm³/mol. The fraction of sp³-hybridized carbons (Fsp3) is 0.375. The summed E-state index contributed by atoms with van der Waals surface area (Å²) >= 11 is 5.93. The van der Waals surface area contributed by atoms with Gasteiger partial charge in [0.2, 0.25) is 0 Å². The van der Waals surface area contributed by atoms with Crippen LogP contribution < -0.4 is 14.7 Å². The molecule has 1 saturated heterocycles. The predicted octanol–water partition coefficient (Wildman–Crippen LogP) is 0.0544. The topological polar surface area (TPSA) is 77.6 Å². The third-order valence-electron chi connectivity index (χ3n) is 3.64. The van der Waals surface area contributed by atoms with Gasteiger partial charge in [0.1, 0.15) is 25.0 Å². The number of hydrogen-bond acceptors (Lipinski definition) is 4. The first-order valence-electron chi connectivity index (χ1n) is 7.19. The van der Waals surface area contributed by atoms with Crippen LogP contribution in [0.1, 0.15) is 18.4 Å². The van der Waals surface area contributed by atoms with Crippen LogP contribution in [0.3, 0.4) is 0 Å². The van der Waals surface area contributed by atoms with E-state index in [1.165, 1.54) is 36.9 Å². The second kappa shape index (κ2) is 7.83. The number of carboxylic acid groups (broad SMARTS) is 1. The third-order valence-corrected chi connectivity index (χ3v) is 3.87. The molecule has 6 heteroatoms. The lowest BCUT2D eigenvalue weighted by Gasteiger charge is -2.14. The number of aliphatic carboxylic acids is 1. The molecule has 0 aliphatic carbocycles. The molecule has 0 bridgehead atoms. The Bertz CT molecular complexity index is 616. The van der Waals surface area contributed by atoms with Gasteiger partial charge in [0, 0.05) is 23.4 Å². The van der Waals surface area contributed by atoms with Crippen LogP contribution in [0.4, 0.5) is 0 Å². The Hall–Kier alpha value is -2.03. The van der Waals surface area contributed by atoms with Gasteiger partial charge in [-0.3, -0.25) is 0 Å². The molecule has 0 radical (unpaired) electrons. The highest BCUT2D eigenvalue weighted by Gasteiger charge is 2.15. The fourth-order valence-corrected chi connectivity index (χ4v) is 2.67. The number of nitrogens with one attached hydrogen (secondary N) is 1. The van der Waals surface area contributed by atoms with E-state index in [4.69, 9.17) is 21.6 Å². The third kappa shape index (κ3) is 4.48. The monoisotopic (exact) mass is 320 g/mol. The highest BCUT2D eigenvalue weighted by molar-refractivity contribution is 6.30. The quantitative estimate of drug-likeness (QED) is 0.594. The molecular weight excluding hydrogens is 304 g/mol. The molecule has 0 aromatic heterocycles. The Kier molecular flexibility index (Phi) is 5.82. The van der Waals surface area contributed by atoms with Gasteiger partial charge in [0.05, 0.1) is 24.6 Å². The van der Waals surface area contributed by atoms with Crippen molar-refractivity contribution in [2.45, 2.75) is 12.8 Å². The molecule has 1 aliphatic rings. The molecule has 1 N–H and O–H groups in total. The second-order valence-electron chi connectivity index (χ2n) is 5.19. The number of carboxylic acids is 1. The maximum absolute atomic E-state index is 10.8. The fourth-order valence-electron chi connectivity index (χ4n) is 2.49. The summed E-state index contributed by atoms with van der Waals surface area (Å²) in [6.45, 7) is 3.77. The molecule has 0 spiro atoms. The van der Waals surface area contributed by atoms with Crippen molar-refractivity contribution < 1.29 is 19.5 Å². The molecule has 1 aliphatic heterocycles. The van der Waals surface area contributed by atoms with Gasteiger partial charge >= 0.3 is 0 Å². The van der Waals surface area contributed by atoms with Gasteiger partial charge in [-0.15, -0.1) is 0 Å². The molecule has 1 aromatic rings. The first-order chi connectivity index (χ1) is 10.6. The largest absolute Gasteiger partial charge is 0.544 e. The summed E-state index contributed by atoms with van der Waals surface area (Å²) in [5.41, 5.74) is 0.00181. The molecule has 5 nitrogen and oxygen atoms in total. The molecule has 0 atom stereocenters. The van der Waals surface area contributed by atoms with Crippen LogP contribution in [0.2, 0.25) is 5.02 Å². The number of nitriles is 1. The SMILES string of the molecule is N#C/C(=C/c1cc(Cl)ccc1OCC[NH+]1CCCC1)C(=O)[O-]. The number of rotatable bonds is 6. The summed E-state index contributed by atoms with van der Waals surface area (Å²) in [5.74, 6) is -1.01. The molecule has 116 valence electrons. The number of hydrogen-bond donors (Lipinski definition) is 1. The first kappa shape index (κ1) is 16.3. The van der Waals surface area contributed by atoms with E-state index in [9.17, 15) is 9.90 Å². The van der Waals surface area contributed by atoms with Gasteiger partial charge in [0.25, 0.3) is 0 Å². The summed E-state index contributed by atoms with van der Waals surface area (Å²) in [6.07, 6.45) is 3.72. The Balaban J connectivity index is 2.10. The number of nitrogens with zero attached hydrogens (tertiary/aromatic N) is 1. The molecule has 1 aromatic carbocycles. The van der Waals surface area contributed by atoms with Crippen LogP contribution >= 0.6 is 11.6 Å². The first-order valence-corrected chi connectivity index (χ1v) is 7.57. The van der Waals surface area contributed by atoms with Crippen molar-refractivity contribution in [1.82, 2.24) is 0 Å². The van der Waals surface area contributed by atoms with Crippen molar-refractivity contribution in [3.05, 3.63) is 34.4 Å². The standard InChI is InChI=1S/C16H17ClN2O3/c17-14-3-4-15(22-8-7-19-5-1-2-6-19)12(10-14)9-13(11-18)16(20)21/h3-4,9-10H,1-2,5-8H2,(H,20,21)/b13-9-. The minimum atomic E-state index is -1.52. The van der Waals surface area contributed by atoms with E-state index >= 15 is 0 Å². The minimum absolute atomic E-state index is 0.444. The lowest BCUT2D eigenvalue weighted by molar-refractivity contribution is -0.887. The molecule has 1 heterocycles. The van der Waals surface area contributed by atoms with E-state index < -0.39 is 11.5 Å². The van der Waals surface area contributed by atoms with Gasteiger partial charge < -0.3 is 19.5 Å². The minimum Gasteiger partial charge on any atom is -0.544 e. The summed E-state index contributed by atoms with van der Waals surface area (Å²) in [4.78, 5) is 12.4. The van der Waals surface area contributed by atoms with Gasteiger partial charge in [-0.1, -0.05) is 11.6 Å². The van der Waals surface area contributed by atoms with Crippen LogP contribution in [0.15, 0.2) is 23.8 Å². The summed E-state index contributed by atoms with van der Waals surface area (Å²) in [7, 11) is 0. The highest BCUT2D eigenvalue weighted by atomic mass is 35.5. The lowest BCUT2D eigenvalue weighted by atomic mass is 10.1. The summed E-state index contributed by atoms with van der Waals surface area (Å²) < 4.78 is 5.73. The van der Waals surface area contributed by atoms with Gasteiger partial charge in [-0.2, -0.15) is 5.26 Å². The average Bonchev–Trinajstić information content (AvgIpc) is 2.99. The Morgan fingerprint density at radius 3 is 2.82 bits per heavy atom. The average molecular weight is 321 g/mol. The van der Waals surface area contributed by atoms with Gasteiger partial charge in [0.15, 0.2) is 0 Å². The van der Waals surface area contributed by atoms with Crippen molar-refractivity contribution in [3.63, 3.8) is 0 Å². The zero-order valence-corrected chi connectivity index (χ0v) is 12.9. The van der Waals surface area contributed by atoms with E-state index in [-0.39, 0.29) is 0 Å². The maximum Gasteiger partial charge on any atom is 0.137 e. The summed E-state index contributed by atoms with van der Waals surface area (Å²) in [5, 5.41) is 20.1. The second-order valence-corrected chi connectivity index (χ2v) is 5.63. The van der Waals surface area contributed by atoms with Crippen molar-refractivity contribution in [2.75, 3.05) is 26.2 Å². The number of halogens is 1. The van der Waals surface area contributed by atoms with Gasteiger partial charge in [-0.25, -0.2) is 0 Å². The molecular formula is C16H17ClN2O3. The number of ether oxygens (including phenoxy) is 1. The normalized spacial score (nSPS) is 15.5. The highest BCUT2D eigenvalue weighted by Crippen LogP contribution is 2.25. The van der Waals surface area contributed by atoms with E-state index in [1.807, 2.05) is 0 Å². The van der Waals surface area contributed by atoms with E-state index in [2.05, 4.69) is 0 Å². The van der Waals surface area contributed by atoms with Gasteiger partial charge in [-0.05, 0) is 24.3 Å². The van der Waals surface area contributed by atoms with Crippen molar-refractivity contribution >= 4 is 23.6 Å². The number of benzene rings is 1. The van der Waals surface area contributed by atoms with Crippen LogP contribution in [0.5, 0.6) is 5.75 Å². The summed E-state index contributed by atoms with van der Waals surface area (Å²) in [6, 6.07) is 6.51. The molecule has 0 saturated carbocycles. The Morgan fingerprint density at radius 2 is 2.18 bits per heavy atom. The maximum atomic E-state index is 10.8. The van der Waals surface area contributed by atoms with Crippen LogP contribution in [-0.4, -0.2) is 32.2 Å². The van der Waals surface area contributed by atoms with E-state index in [0.29, 0.717) is 22.9 Å². The van der Waals surface area contributed by atoms with Crippen molar-refractivity contribution in [3.8, 4) is 11.8 Å².